The average molecular weight is 291 g/mol. The number of carbonyl (C=O) groups is 2. The summed E-state index contributed by atoms with van der Waals surface area (Å²) in [5.41, 5.74) is -1.04. The van der Waals surface area contributed by atoms with Crippen molar-refractivity contribution in [3.05, 3.63) is 30.3 Å². The van der Waals surface area contributed by atoms with E-state index < -0.39 is 11.5 Å². The molecule has 0 bridgehead atoms. The molecule has 1 aromatic rings. The fourth-order valence-electron chi connectivity index (χ4n) is 2.28. The van der Waals surface area contributed by atoms with Crippen molar-refractivity contribution in [2.45, 2.75) is 38.1 Å². The number of carboxylic acid groups (broad SMARTS) is 1. The highest BCUT2D eigenvalue weighted by Gasteiger charge is 2.46. The maximum atomic E-state index is 12.1. The standard InChI is InChI=1S/C16H21NO4/c1-12(8-11-21-13-6-3-2-4-7-13)14(18)17-16(15(19)20)9-5-10-16/h2-4,6-7,12H,5,8-11H2,1H3,(H,17,18)(H,19,20). The van der Waals surface area contributed by atoms with Crippen molar-refractivity contribution in [2.75, 3.05) is 6.61 Å². The molecule has 1 aliphatic carbocycles. The molecule has 1 aromatic carbocycles. The van der Waals surface area contributed by atoms with Crippen LogP contribution >= 0.6 is 0 Å². The van der Waals surface area contributed by atoms with Crippen molar-refractivity contribution in [2.24, 2.45) is 5.92 Å². The molecule has 2 N–H and O–H groups in total. The fraction of sp³-hybridized carbons (Fsp3) is 0.500. The number of amides is 1. The van der Waals surface area contributed by atoms with Gasteiger partial charge in [-0.3, -0.25) is 4.79 Å². The van der Waals surface area contributed by atoms with E-state index in [-0.39, 0.29) is 11.8 Å². The third-order valence-corrected chi connectivity index (χ3v) is 3.99. The lowest BCUT2D eigenvalue weighted by Gasteiger charge is -2.38. The fourth-order valence-corrected chi connectivity index (χ4v) is 2.28. The summed E-state index contributed by atoms with van der Waals surface area (Å²) in [6.07, 6.45) is 2.43. The first-order valence-corrected chi connectivity index (χ1v) is 7.27. The first kappa shape index (κ1) is 15.4. The van der Waals surface area contributed by atoms with Gasteiger partial charge in [0, 0.05) is 5.92 Å². The van der Waals surface area contributed by atoms with E-state index in [4.69, 9.17) is 4.74 Å². The molecule has 5 heteroatoms. The van der Waals surface area contributed by atoms with Gasteiger partial charge in [-0.25, -0.2) is 4.79 Å². The Morgan fingerprint density at radius 1 is 1.33 bits per heavy atom. The molecule has 1 amide bonds. The van der Waals surface area contributed by atoms with E-state index in [1.165, 1.54) is 0 Å². The molecule has 114 valence electrons. The second-order valence-electron chi connectivity index (χ2n) is 5.58. The van der Waals surface area contributed by atoms with Gasteiger partial charge in [-0.2, -0.15) is 0 Å². The Kier molecular flexibility index (Phi) is 4.83. The maximum absolute atomic E-state index is 12.1. The molecule has 1 unspecified atom stereocenters. The third-order valence-electron chi connectivity index (χ3n) is 3.99. The monoisotopic (exact) mass is 291 g/mol. The summed E-state index contributed by atoms with van der Waals surface area (Å²) in [5, 5.41) is 11.9. The van der Waals surface area contributed by atoms with Crippen LogP contribution in [0.15, 0.2) is 30.3 Å². The number of ether oxygens (including phenoxy) is 1. The minimum atomic E-state index is -1.04. The summed E-state index contributed by atoms with van der Waals surface area (Å²) >= 11 is 0. The molecule has 5 nitrogen and oxygen atoms in total. The number of carbonyl (C=O) groups excluding carboxylic acids is 1. The Hall–Kier alpha value is -2.04. The summed E-state index contributed by atoms with van der Waals surface area (Å²) in [7, 11) is 0. The van der Waals surface area contributed by atoms with Gasteiger partial charge in [0.25, 0.3) is 0 Å². The van der Waals surface area contributed by atoms with Crippen molar-refractivity contribution in [1.82, 2.24) is 5.32 Å². The van der Waals surface area contributed by atoms with E-state index in [1.54, 1.807) is 6.92 Å². The van der Waals surface area contributed by atoms with Crippen molar-refractivity contribution < 1.29 is 19.4 Å². The number of rotatable bonds is 7. The molecule has 1 fully saturated rings. The first-order chi connectivity index (χ1) is 10.0. The molecule has 0 aliphatic heterocycles. The minimum Gasteiger partial charge on any atom is -0.494 e. The molecular weight excluding hydrogens is 270 g/mol. The van der Waals surface area contributed by atoms with E-state index >= 15 is 0 Å². The second kappa shape index (κ2) is 6.61. The Morgan fingerprint density at radius 2 is 2.00 bits per heavy atom. The SMILES string of the molecule is CC(CCOc1ccccc1)C(=O)NC1(C(=O)O)CCC1. The van der Waals surface area contributed by atoms with Crippen LogP contribution in [0, 0.1) is 5.92 Å². The van der Waals surface area contributed by atoms with Crippen molar-refractivity contribution in [3.8, 4) is 5.75 Å². The van der Waals surface area contributed by atoms with Gasteiger partial charge in [0.05, 0.1) is 6.61 Å². The van der Waals surface area contributed by atoms with Crippen LogP contribution in [-0.4, -0.2) is 29.1 Å². The molecule has 0 heterocycles. The molecule has 1 atom stereocenters. The smallest absolute Gasteiger partial charge is 0.329 e. The minimum absolute atomic E-state index is 0.214. The number of hydrogen-bond acceptors (Lipinski definition) is 3. The van der Waals surface area contributed by atoms with E-state index in [9.17, 15) is 14.7 Å². The quantitative estimate of drug-likeness (QED) is 0.807. The summed E-state index contributed by atoms with van der Waals surface area (Å²) < 4.78 is 5.55. The highest BCUT2D eigenvalue weighted by Crippen LogP contribution is 2.32. The summed E-state index contributed by atoms with van der Waals surface area (Å²) in [6, 6.07) is 9.40. The number of aliphatic carboxylic acids is 1. The zero-order valence-electron chi connectivity index (χ0n) is 12.2. The van der Waals surface area contributed by atoms with Crippen molar-refractivity contribution >= 4 is 11.9 Å². The highest BCUT2D eigenvalue weighted by atomic mass is 16.5. The van der Waals surface area contributed by atoms with Gasteiger partial charge >= 0.3 is 5.97 Å². The Balaban J connectivity index is 1.76. The molecule has 0 radical (unpaired) electrons. The van der Waals surface area contributed by atoms with Crippen LogP contribution in [0.1, 0.15) is 32.6 Å². The van der Waals surface area contributed by atoms with Gasteiger partial charge in [-0.1, -0.05) is 25.1 Å². The van der Waals surface area contributed by atoms with Gasteiger partial charge in [0.2, 0.25) is 5.91 Å². The topological polar surface area (TPSA) is 75.6 Å². The predicted octanol–water partition coefficient (Wildman–Crippen LogP) is 2.22. The van der Waals surface area contributed by atoms with Crippen LogP contribution in [0.5, 0.6) is 5.75 Å². The molecular formula is C16H21NO4. The zero-order chi connectivity index (χ0) is 15.3. The molecule has 0 aromatic heterocycles. The maximum Gasteiger partial charge on any atom is 0.329 e. The van der Waals surface area contributed by atoms with Gasteiger partial charge in [0.15, 0.2) is 0 Å². The Morgan fingerprint density at radius 3 is 2.52 bits per heavy atom. The predicted molar refractivity (Wildman–Crippen MR) is 78.1 cm³/mol. The lowest BCUT2D eigenvalue weighted by Crippen LogP contribution is -2.60. The number of para-hydroxylation sites is 1. The summed E-state index contributed by atoms with van der Waals surface area (Å²) in [4.78, 5) is 23.3. The molecule has 0 saturated heterocycles. The van der Waals surface area contributed by atoms with E-state index in [1.807, 2.05) is 30.3 Å². The third kappa shape index (κ3) is 3.74. The van der Waals surface area contributed by atoms with Crippen LogP contribution in [0.3, 0.4) is 0 Å². The number of nitrogens with one attached hydrogen (secondary N) is 1. The highest BCUT2D eigenvalue weighted by molar-refractivity contribution is 5.88. The molecule has 0 spiro atoms. The van der Waals surface area contributed by atoms with Crippen LogP contribution in [-0.2, 0) is 9.59 Å². The van der Waals surface area contributed by atoms with Crippen LogP contribution < -0.4 is 10.1 Å². The average Bonchev–Trinajstić information content (AvgIpc) is 2.43. The molecule has 2 rings (SSSR count). The van der Waals surface area contributed by atoms with Crippen molar-refractivity contribution in [3.63, 3.8) is 0 Å². The van der Waals surface area contributed by atoms with Gasteiger partial charge < -0.3 is 15.2 Å². The molecule has 21 heavy (non-hydrogen) atoms. The number of benzene rings is 1. The summed E-state index contributed by atoms with van der Waals surface area (Å²) in [5.74, 6) is -0.653. The van der Waals surface area contributed by atoms with Crippen LogP contribution in [0.25, 0.3) is 0 Å². The Bertz CT molecular complexity index is 496. The number of carboxylic acids is 1. The molecule has 1 saturated carbocycles. The van der Waals surface area contributed by atoms with Crippen molar-refractivity contribution in [1.29, 1.82) is 0 Å². The van der Waals surface area contributed by atoms with Crippen LogP contribution in [0.2, 0.25) is 0 Å². The van der Waals surface area contributed by atoms with E-state index in [0.29, 0.717) is 25.9 Å². The largest absolute Gasteiger partial charge is 0.494 e. The van der Waals surface area contributed by atoms with Crippen LogP contribution in [0.4, 0.5) is 0 Å². The second-order valence-corrected chi connectivity index (χ2v) is 5.58. The Labute approximate surface area is 124 Å². The summed E-state index contributed by atoms with van der Waals surface area (Å²) in [6.45, 7) is 2.22. The lowest BCUT2D eigenvalue weighted by molar-refractivity contribution is -0.152. The van der Waals surface area contributed by atoms with Gasteiger partial charge in [-0.15, -0.1) is 0 Å². The molecule has 1 aliphatic rings. The first-order valence-electron chi connectivity index (χ1n) is 7.27. The lowest BCUT2D eigenvalue weighted by atomic mass is 9.76. The van der Waals surface area contributed by atoms with E-state index in [0.717, 1.165) is 12.2 Å². The van der Waals surface area contributed by atoms with E-state index in [2.05, 4.69) is 5.32 Å². The number of hydrogen-bond donors (Lipinski definition) is 2. The normalized spacial score (nSPS) is 17.4. The van der Waals surface area contributed by atoms with Gasteiger partial charge in [-0.05, 0) is 37.8 Å². The zero-order valence-corrected chi connectivity index (χ0v) is 12.2. The van der Waals surface area contributed by atoms with Gasteiger partial charge in [0.1, 0.15) is 11.3 Å².